The zero-order valence-electron chi connectivity index (χ0n) is 8.70. The minimum absolute atomic E-state index is 0. The summed E-state index contributed by atoms with van der Waals surface area (Å²) in [6.07, 6.45) is -5.24. The number of amides is 1. The summed E-state index contributed by atoms with van der Waals surface area (Å²) in [7, 11) is 0. The molecule has 1 rings (SSSR count). The van der Waals surface area contributed by atoms with Crippen LogP contribution in [0.15, 0.2) is 0 Å². The molecule has 0 saturated carbocycles. The molecule has 1 aliphatic rings. The lowest BCUT2D eigenvalue weighted by Crippen LogP contribution is -2.63. The fourth-order valence-electron chi connectivity index (χ4n) is 1.49. The van der Waals surface area contributed by atoms with Gasteiger partial charge in [0.1, 0.15) is 24.4 Å². The van der Waals surface area contributed by atoms with Gasteiger partial charge in [-0.15, -0.1) is 0 Å². The quantitative estimate of drug-likeness (QED) is 0.332. The number of carbonyl (C=O) groups excluding carboxylic acids is 1. The monoisotopic (exact) mass is 239 g/mol. The lowest BCUT2D eigenvalue weighted by Gasteiger charge is -2.40. The number of aliphatic hydroxyl groups is 4. The first-order chi connectivity index (χ1) is 6.97. The van der Waals surface area contributed by atoms with Crippen molar-refractivity contribution in [2.45, 2.75) is 37.6 Å². The van der Waals surface area contributed by atoms with Crippen LogP contribution in [0.25, 0.3) is 0 Å². The van der Waals surface area contributed by atoms with Gasteiger partial charge in [-0.05, 0) is 0 Å². The number of ether oxygens (including phenoxy) is 1. The predicted octanol–water partition coefficient (Wildman–Crippen LogP) is -3.90. The maximum atomic E-state index is 10.7. The maximum absolute atomic E-state index is 10.7. The van der Waals surface area contributed by atoms with E-state index in [0.29, 0.717) is 0 Å². The molecule has 0 aromatic carbocycles. The standard InChI is InChI=1S/C8H15NO6.H2O/c1-3(11)9-5-7(13)6(12)4(2-10)15-8(5)14;/h4-8,10,12-14H,2H2,1H3,(H,9,11);1H2/t4-,5+,6+,7-,8+;/m1./s1. The van der Waals surface area contributed by atoms with E-state index in [4.69, 9.17) is 9.84 Å². The summed E-state index contributed by atoms with van der Waals surface area (Å²) in [5.41, 5.74) is 0. The van der Waals surface area contributed by atoms with Crippen LogP contribution in [-0.4, -0.2) is 69.1 Å². The molecule has 0 radical (unpaired) electrons. The Morgan fingerprint density at radius 1 is 1.31 bits per heavy atom. The molecular weight excluding hydrogens is 222 g/mol. The highest BCUT2D eigenvalue weighted by Gasteiger charge is 2.43. The van der Waals surface area contributed by atoms with Gasteiger partial charge in [0, 0.05) is 6.92 Å². The van der Waals surface area contributed by atoms with E-state index in [1.165, 1.54) is 6.92 Å². The Hall–Kier alpha value is -0.770. The first-order valence-corrected chi connectivity index (χ1v) is 4.55. The summed E-state index contributed by atoms with van der Waals surface area (Å²) >= 11 is 0. The summed E-state index contributed by atoms with van der Waals surface area (Å²) in [5.74, 6) is -0.462. The molecule has 8 nitrogen and oxygen atoms in total. The van der Waals surface area contributed by atoms with Crippen LogP contribution < -0.4 is 5.32 Å². The molecule has 96 valence electrons. The summed E-state index contributed by atoms with van der Waals surface area (Å²) in [5, 5.41) is 39.4. The lowest BCUT2D eigenvalue weighted by atomic mass is 9.97. The van der Waals surface area contributed by atoms with Gasteiger partial charge < -0.3 is 36.0 Å². The molecule has 1 heterocycles. The fraction of sp³-hybridized carbons (Fsp3) is 0.875. The van der Waals surface area contributed by atoms with Gasteiger partial charge in [0.2, 0.25) is 5.91 Å². The van der Waals surface area contributed by atoms with E-state index in [9.17, 15) is 20.1 Å². The van der Waals surface area contributed by atoms with Crippen LogP contribution in [0.1, 0.15) is 6.92 Å². The molecule has 0 bridgehead atoms. The lowest BCUT2D eigenvalue weighted by molar-refractivity contribution is -0.253. The molecule has 1 saturated heterocycles. The smallest absolute Gasteiger partial charge is 0.217 e. The van der Waals surface area contributed by atoms with Gasteiger partial charge >= 0.3 is 0 Å². The van der Waals surface area contributed by atoms with E-state index in [-0.39, 0.29) is 5.48 Å². The molecule has 0 aromatic rings. The topological polar surface area (TPSA) is 151 Å². The summed E-state index contributed by atoms with van der Waals surface area (Å²) < 4.78 is 4.81. The van der Waals surface area contributed by atoms with E-state index >= 15 is 0 Å². The van der Waals surface area contributed by atoms with Crippen molar-refractivity contribution in [2.75, 3.05) is 6.61 Å². The number of carbonyl (C=O) groups is 1. The Labute approximate surface area is 91.8 Å². The van der Waals surface area contributed by atoms with Crippen molar-refractivity contribution in [2.24, 2.45) is 0 Å². The average molecular weight is 239 g/mol. The van der Waals surface area contributed by atoms with Crippen molar-refractivity contribution >= 4 is 5.91 Å². The van der Waals surface area contributed by atoms with Gasteiger partial charge in [-0.1, -0.05) is 0 Å². The van der Waals surface area contributed by atoms with Gasteiger partial charge in [0.15, 0.2) is 6.29 Å². The van der Waals surface area contributed by atoms with E-state index in [0.717, 1.165) is 0 Å². The fourth-order valence-corrected chi connectivity index (χ4v) is 1.49. The van der Waals surface area contributed by atoms with Crippen molar-refractivity contribution in [1.29, 1.82) is 0 Å². The predicted molar refractivity (Wildman–Crippen MR) is 51.2 cm³/mol. The average Bonchev–Trinajstić information content (AvgIpc) is 2.18. The Kier molecular flexibility index (Phi) is 5.79. The SMILES string of the molecule is CC(=O)N[C@H]1[C@@H](O)[C@@H](O)[C@@H](CO)O[C@@H]1O.O. The van der Waals surface area contributed by atoms with Crippen LogP contribution in [0.2, 0.25) is 0 Å². The molecule has 7 N–H and O–H groups in total. The van der Waals surface area contributed by atoms with E-state index < -0.39 is 43.2 Å². The summed E-state index contributed by atoms with van der Waals surface area (Å²) in [6.45, 7) is 0.687. The molecule has 0 spiro atoms. The van der Waals surface area contributed by atoms with Gasteiger partial charge in [-0.2, -0.15) is 0 Å². The van der Waals surface area contributed by atoms with Crippen LogP contribution in [0.4, 0.5) is 0 Å². The Morgan fingerprint density at radius 3 is 2.31 bits per heavy atom. The first kappa shape index (κ1) is 15.2. The Morgan fingerprint density at radius 2 is 1.88 bits per heavy atom. The minimum atomic E-state index is -1.45. The van der Waals surface area contributed by atoms with Crippen molar-refractivity contribution < 1.29 is 35.4 Å². The van der Waals surface area contributed by atoms with Crippen molar-refractivity contribution in [3.63, 3.8) is 0 Å². The highest BCUT2D eigenvalue weighted by atomic mass is 16.6. The summed E-state index contributed by atoms with van der Waals surface area (Å²) in [4.78, 5) is 10.7. The largest absolute Gasteiger partial charge is 0.412 e. The third-order valence-corrected chi connectivity index (χ3v) is 2.27. The van der Waals surface area contributed by atoms with Gasteiger partial charge in [0.25, 0.3) is 0 Å². The number of nitrogens with one attached hydrogen (secondary N) is 1. The molecular formula is C8H17NO7. The second-order valence-electron chi connectivity index (χ2n) is 3.46. The van der Waals surface area contributed by atoms with Crippen LogP contribution >= 0.6 is 0 Å². The van der Waals surface area contributed by atoms with E-state index in [2.05, 4.69) is 5.32 Å². The van der Waals surface area contributed by atoms with Crippen LogP contribution in [0.5, 0.6) is 0 Å². The number of rotatable bonds is 2. The molecule has 8 heteroatoms. The first-order valence-electron chi connectivity index (χ1n) is 4.55. The van der Waals surface area contributed by atoms with Gasteiger partial charge in [0.05, 0.1) is 6.61 Å². The zero-order chi connectivity index (χ0) is 11.6. The zero-order valence-corrected chi connectivity index (χ0v) is 8.70. The maximum Gasteiger partial charge on any atom is 0.217 e. The van der Waals surface area contributed by atoms with Gasteiger partial charge in [-0.3, -0.25) is 4.79 Å². The normalized spacial score (nSPS) is 38.7. The van der Waals surface area contributed by atoms with Crippen LogP contribution in [-0.2, 0) is 9.53 Å². The summed E-state index contributed by atoms with van der Waals surface area (Å²) in [6, 6.07) is -1.10. The minimum Gasteiger partial charge on any atom is -0.412 e. The van der Waals surface area contributed by atoms with E-state index in [1.807, 2.05) is 0 Å². The second-order valence-corrected chi connectivity index (χ2v) is 3.46. The molecule has 16 heavy (non-hydrogen) atoms. The third kappa shape index (κ3) is 3.11. The molecule has 1 fully saturated rings. The molecule has 5 atom stereocenters. The number of hydrogen-bond donors (Lipinski definition) is 5. The van der Waals surface area contributed by atoms with Crippen molar-refractivity contribution in [3.8, 4) is 0 Å². The Bertz CT molecular complexity index is 236. The highest BCUT2D eigenvalue weighted by Crippen LogP contribution is 2.19. The molecule has 1 amide bonds. The van der Waals surface area contributed by atoms with Crippen LogP contribution in [0, 0.1) is 0 Å². The van der Waals surface area contributed by atoms with Gasteiger partial charge in [-0.25, -0.2) is 0 Å². The molecule has 1 aliphatic heterocycles. The molecule has 0 aromatic heterocycles. The van der Waals surface area contributed by atoms with Crippen LogP contribution in [0.3, 0.4) is 0 Å². The number of hydrogen-bond acceptors (Lipinski definition) is 6. The van der Waals surface area contributed by atoms with Crippen molar-refractivity contribution in [3.05, 3.63) is 0 Å². The third-order valence-electron chi connectivity index (χ3n) is 2.27. The second kappa shape index (κ2) is 6.09. The molecule has 0 aliphatic carbocycles. The van der Waals surface area contributed by atoms with Crippen molar-refractivity contribution in [1.82, 2.24) is 5.32 Å². The Balaban J connectivity index is 0.00000225. The molecule has 0 unspecified atom stereocenters. The number of aliphatic hydroxyl groups excluding tert-OH is 4. The van der Waals surface area contributed by atoms with E-state index in [1.54, 1.807) is 0 Å². The highest BCUT2D eigenvalue weighted by molar-refractivity contribution is 5.73.